The summed E-state index contributed by atoms with van der Waals surface area (Å²) in [6.07, 6.45) is 5.20. The second kappa shape index (κ2) is 4.27. The van der Waals surface area contributed by atoms with E-state index in [1.54, 1.807) is 0 Å². The lowest BCUT2D eigenvalue weighted by Gasteiger charge is -2.37. The number of fused-ring (bicyclic) bond motifs is 1. The molecule has 1 aliphatic heterocycles. The number of nitrogens with zero attached hydrogens (tertiary/aromatic N) is 1. The molecule has 2 saturated carbocycles. The number of hydrogen-bond acceptors (Lipinski definition) is 2. The smallest absolute Gasteiger partial charge is 0.225 e. The van der Waals surface area contributed by atoms with Crippen molar-refractivity contribution in [1.29, 1.82) is 0 Å². The number of amides is 1. The van der Waals surface area contributed by atoms with Gasteiger partial charge in [-0.1, -0.05) is 6.92 Å². The normalized spacial score (nSPS) is 44.6. The van der Waals surface area contributed by atoms with Gasteiger partial charge in [0.1, 0.15) is 0 Å². The van der Waals surface area contributed by atoms with Crippen LogP contribution in [0.4, 0.5) is 0 Å². The van der Waals surface area contributed by atoms with E-state index in [0.29, 0.717) is 17.7 Å². The molecule has 1 N–H and O–H groups in total. The van der Waals surface area contributed by atoms with Crippen LogP contribution in [0.5, 0.6) is 0 Å². The van der Waals surface area contributed by atoms with Gasteiger partial charge in [-0.05, 0) is 43.9 Å². The minimum Gasteiger partial charge on any atom is -0.393 e. The molecule has 0 aromatic heterocycles. The zero-order valence-corrected chi connectivity index (χ0v) is 10.6. The molecule has 0 bridgehead atoms. The molecular formula is C14H23NO2. The fourth-order valence-corrected chi connectivity index (χ4v) is 3.80. The zero-order valence-electron chi connectivity index (χ0n) is 10.6. The molecule has 96 valence electrons. The van der Waals surface area contributed by atoms with Gasteiger partial charge in [0, 0.05) is 24.9 Å². The Morgan fingerprint density at radius 1 is 1.29 bits per heavy atom. The quantitative estimate of drug-likeness (QED) is 0.793. The summed E-state index contributed by atoms with van der Waals surface area (Å²) in [6.45, 7) is 3.65. The number of piperidine rings is 1. The molecule has 4 atom stereocenters. The highest BCUT2D eigenvalue weighted by atomic mass is 16.3. The maximum atomic E-state index is 12.4. The van der Waals surface area contributed by atoms with Gasteiger partial charge in [-0.3, -0.25) is 4.79 Å². The number of likely N-dealkylation sites (tertiary alicyclic amines) is 1. The van der Waals surface area contributed by atoms with E-state index in [1.807, 2.05) is 4.90 Å². The van der Waals surface area contributed by atoms with Crippen LogP contribution in [0.2, 0.25) is 0 Å². The number of aliphatic hydroxyl groups excluding tert-OH is 1. The van der Waals surface area contributed by atoms with Crippen molar-refractivity contribution < 1.29 is 9.90 Å². The minimum absolute atomic E-state index is 0.193. The van der Waals surface area contributed by atoms with E-state index in [1.165, 1.54) is 6.42 Å². The molecule has 3 fully saturated rings. The van der Waals surface area contributed by atoms with Gasteiger partial charge in [0.15, 0.2) is 0 Å². The molecule has 3 rings (SSSR count). The first kappa shape index (κ1) is 11.5. The Morgan fingerprint density at radius 2 is 2.00 bits per heavy atom. The van der Waals surface area contributed by atoms with Gasteiger partial charge in [-0.25, -0.2) is 0 Å². The van der Waals surface area contributed by atoms with Crippen LogP contribution in [0.3, 0.4) is 0 Å². The van der Waals surface area contributed by atoms with Crippen molar-refractivity contribution in [2.45, 2.75) is 45.1 Å². The first-order valence-electron chi connectivity index (χ1n) is 7.16. The Balaban J connectivity index is 1.58. The molecule has 1 amide bonds. The molecule has 3 aliphatic rings. The molecule has 1 heterocycles. The Bertz CT molecular complexity index is 307. The topological polar surface area (TPSA) is 40.5 Å². The molecule has 0 aromatic carbocycles. The Morgan fingerprint density at radius 3 is 2.65 bits per heavy atom. The average Bonchev–Trinajstić information content (AvgIpc) is 2.96. The second-order valence-electron chi connectivity index (χ2n) is 6.23. The molecule has 0 spiro atoms. The van der Waals surface area contributed by atoms with Gasteiger partial charge in [0.05, 0.1) is 6.10 Å². The van der Waals surface area contributed by atoms with Crippen molar-refractivity contribution in [3.8, 4) is 0 Å². The maximum absolute atomic E-state index is 12.4. The van der Waals surface area contributed by atoms with Crippen LogP contribution in [-0.4, -0.2) is 35.1 Å². The third-order valence-corrected chi connectivity index (χ3v) is 5.12. The molecule has 0 radical (unpaired) electrons. The van der Waals surface area contributed by atoms with Crippen LogP contribution in [0, 0.1) is 23.7 Å². The van der Waals surface area contributed by atoms with Crippen LogP contribution in [-0.2, 0) is 4.79 Å². The maximum Gasteiger partial charge on any atom is 0.225 e. The number of carbonyl (C=O) groups excluding carboxylic acids is 1. The predicted molar refractivity (Wildman–Crippen MR) is 65.3 cm³/mol. The van der Waals surface area contributed by atoms with E-state index in [9.17, 15) is 9.90 Å². The molecule has 0 aromatic rings. The van der Waals surface area contributed by atoms with Crippen molar-refractivity contribution >= 4 is 5.91 Å². The summed E-state index contributed by atoms with van der Waals surface area (Å²) in [4.78, 5) is 14.4. The van der Waals surface area contributed by atoms with E-state index in [-0.39, 0.29) is 6.10 Å². The Kier molecular flexibility index (Phi) is 2.89. The summed E-state index contributed by atoms with van der Waals surface area (Å²) >= 11 is 0. The van der Waals surface area contributed by atoms with Crippen molar-refractivity contribution in [1.82, 2.24) is 4.90 Å². The van der Waals surface area contributed by atoms with Crippen LogP contribution >= 0.6 is 0 Å². The van der Waals surface area contributed by atoms with E-state index in [0.717, 1.165) is 50.6 Å². The lowest BCUT2D eigenvalue weighted by atomic mass is 9.91. The first-order valence-corrected chi connectivity index (χ1v) is 7.16. The number of rotatable bonds is 2. The number of carbonyl (C=O) groups is 1. The van der Waals surface area contributed by atoms with Crippen LogP contribution in [0.1, 0.15) is 39.0 Å². The number of aliphatic hydroxyl groups is 1. The zero-order chi connectivity index (χ0) is 12.0. The van der Waals surface area contributed by atoms with E-state index >= 15 is 0 Å². The van der Waals surface area contributed by atoms with Gasteiger partial charge >= 0.3 is 0 Å². The monoisotopic (exact) mass is 237 g/mol. The Hall–Kier alpha value is -0.570. The summed E-state index contributed by atoms with van der Waals surface area (Å²) in [6, 6.07) is 0. The van der Waals surface area contributed by atoms with E-state index < -0.39 is 0 Å². The fraction of sp³-hybridized carbons (Fsp3) is 0.929. The fourth-order valence-electron chi connectivity index (χ4n) is 3.80. The molecule has 17 heavy (non-hydrogen) atoms. The van der Waals surface area contributed by atoms with Crippen LogP contribution in [0.25, 0.3) is 0 Å². The predicted octanol–water partition coefficient (Wildman–Crippen LogP) is 1.65. The van der Waals surface area contributed by atoms with Crippen molar-refractivity contribution in [3.63, 3.8) is 0 Å². The molecule has 3 nitrogen and oxygen atoms in total. The first-order chi connectivity index (χ1) is 8.19. The lowest BCUT2D eigenvalue weighted by Crippen LogP contribution is -2.47. The average molecular weight is 237 g/mol. The lowest BCUT2D eigenvalue weighted by molar-refractivity contribution is -0.139. The SMILES string of the molecule is CCC1CN(C(=O)C2CC3CC3C2)CCC1O. The highest BCUT2D eigenvalue weighted by molar-refractivity contribution is 5.79. The summed E-state index contributed by atoms with van der Waals surface area (Å²) in [5.41, 5.74) is 0. The Labute approximate surface area is 103 Å². The second-order valence-corrected chi connectivity index (χ2v) is 6.23. The van der Waals surface area contributed by atoms with Gasteiger partial charge in [0.2, 0.25) is 5.91 Å². The van der Waals surface area contributed by atoms with Crippen molar-refractivity contribution in [3.05, 3.63) is 0 Å². The van der Waals surface area contributed by atoms with E-state index in [2.05, 4.69) is 6.92 Å². The summed E-state index contributed by atoms with van der Waals surface area (Å²) in [5.74, 6) is 2.74. The third kappa shape index (κ3) is 2.10. The molecule has 3 heteroatoms. The molecule has 1 saturated heterocycles. The molecular weight excluding hydrogens is 214 g/mol. The summed E-state index contributed by atoms with van der Waals surface area (Å²) in [5, 5.41) is 9.84. The van der Waals surface area contributed by atoms with Gasteiger partial charge in [-0.2, -0.15) is 0 Å². The summed E-state index contributed by atoms with van der Waals surface area (Å²) < 4.78 is 0. The van der Waals surface area contributed by atoms with Crippen LogP contribution in [0.15, 0.2) is 0 Å². The molecule has 2 aliphatic carbocycles. The number of hydrogen-bond donors (Lipinski definition) is 1. The highest BCUT2D eigenvalue weighted by Crippen LogP contribution is 2.54. The molecule has 4 unspecified atom stereocenters. The van der Waals surface area contributed by atoms with E-state index in [4.69, 9.17) is 0 Å². The third-order valence-electron chi connectivity index (χ3n) is 5.12. The minimum atomic E-state index is -0.193. The van der Waals surface area contributed by atoms with Gasteiger partial charge < -0.3 is 10.0 Å². The summed E-state index contributed by atoms with van der Waals surface area (Å²) in [7, 11) is 0. The van der Waals surface area contributed by atoms with Gasteiger partial charge in [-0.15, -0.1) is 0 Å². The van der Waals surface area contributed by atoms with Crippen molar-refractivity contribution in [2.24, 2.45) is 23.7 Å². The van der Waals surface area contributed by atoms with Crippen LogP contribution < -0.4 is 0 Å². The standard InChI is InChI=1S/C14H23NO2/c1-2-9-8-15(4-3-13(9)16)14(17)12-6-10-5-11(10)7-12/h9-13,16H,2-8H2,1H3. The highest BCUT2D eigenvalue weighted by Gasteiger charge is 2.49. The largest absolute Gasteiger partial charge is 0.393 e. The van der Waals surface area contributed by atoms with Gasteiger partial charge in [0.25, 0.3) is 0 Å². The van der Waals surface area contributed by atoms with Crippen molar-refractivity contribution in [2.75, 3.05) is 13.1 Å².